The van der Waals surface area contributed by atoms with Crippen LogP contribution in [0.1, 0.15) is 51.7 Å². The van der Waals surface area contributed by atoms with E-state index in [4.69, 9.17) is 37.7 Å². The first-order chi connectivity index (χ1) is 26.2. The minimum Gasteiger partial charge on any atom is -0.481 e. The molecule has 4 heterocycles. The van der Waals surface area contributed by atoms with Crippen molar-refractivity contribution in [3.8, 4) is 39.4 Å². The predicted molar refractivity (Wildman–Crippen MR) is 213 cm³/mol. The first-order valence-electron chi connectivity index (χ1n) is 18.0. The van der Waals surface area contributed by atoms with E-state index in [2.05, 4.69) is 15.6 Å². The summed E-state index contributed by atoms with van der Waals surface area (Å²) in [5, 5.41) is 17.2. The van der Waals surface area contributed by atoms with Gasteiger partial charge >= 0.3 is 6.09 Å². The molecule has 0 radical (unpaired) electrons. The van der Waals surface area contributed by atoms with Crippen molar-refractivity contribution in [3.63, 3.8) is 0 Å². The van der Waals surface area contributed by atoms with Gasteiger partial charge in [0.15, 0.2) is 0 Å². The van der Waals surface area contributed by atoms with E-state index in [0.29, 0.717) is 74.6 Å². The number of aliphatic hydroxyl groups excluding tert-OH is 1. The van der Waals surface area contributed by atoms with Crippen LogP contribution in [-0.2, 0) is 22.6 Å². The monoisotopic (exact) mass is 786 g/mol. The molecule has 12 nitrogen and oxygen atoms in total. The molecule has 0 aliphatic carbocycles. The molecule has 55 heavy (non-hydrogen) atoms. The number of hydrogen-bond acceptors (Lipinski definition) is 9. The molecule has 14 heteroatoms. The van der Waals surface area contributed by atoms with Gasteiger partial charge in [-0.25, -0.2) is 14.8 Å². The van der Waals surface area contributed by atoms with Crippen LogP contribution in [0.3, 0.4) is 0 Å². The van der Waals surface area contributed by atoms with E-state index in [-0.39, 0.29) is 30.6 Å². The lowest BCUT2D eigenvalue weighted by Gasteiger charge is -2.28. The lowest BCUT2D eigenvalue weighted by Crippen LogP contribution is -2.40. The molecule has 1 fully saturated rings. The fourth-order valence-electron chi connectivity index (χ4n) is 6.49. The number of benzene rings is 2. The third-order valence-corrected chi connectivity index (χ3v) is 9.89. The van der Waals surface area contributed by atoms with Gasteiger partial charge in [-0.05, 0) is 63.9 Å². The van der Waals surface area contributed by atoms with Crippen LogP contribution in [0.5, 0.6) is 5.88 Å². The summed E-state index contributed by atoms with van der Waals surface area (Å²) in [6, 6.07) is 18.6. The average molecular weight is 788 g/mol. The van der Waals surface area contributed by atoms with Crippen LogP contribution >= 0.6 is 23.2 Å². The maximum Gasteiger partial charge on any atom is 0.410 e. The molecule has 0 saturated carbocycles. The van der Waals surface area contributed by atoms with Crippen molar-refractivity contribution in [2.75, 3.05) is 20.2 Å². The van der Waals surface area contributed by atoms with Crippen LogP contribution in [0.25, 0.3) is 39.2 Å². The molecule has 3 N–H and O–H groups in total. The Morgan fingerprint density at radius 3 is 2.38 bits per heavy atom. The lowest BCUT2D eigenvalue weighted by molar-refractivity contribution is -0.119. The number of rotatable bonds is 12. The Hall–Kier alpha value is -5.01. The Morgan fingerprint density at radius 1 is 1.04 bits per heavy atom. The summed E-state index contributed by atoms with van der Waals surface area (Å²) < 4.78 is 12.7. The Bertz CT molecular complexity index is 2290. The third kappa shape index (κ3) is 9.28. The van der Waals surface area contributed by atoms with Crippen molar-refractivity contribution in [1.29, 1.82) is 0 Å². The van der Waals surface area contributed by atoms with E-state index < -0.39 is 17.8 Å². The van der Waals surface area contributed by atoms with Gasteiger partial charge in [-0.2, -0.15) is 0 Å². The molecular formula is C41H44Cl2N6O6. The zero-order valence-electron chi connectivity index (χ0n) is 31.4. The number of hydrogen-bond donors (Lipinski definition) is 3. The minimum atomic E-state index is -0.777. The van der Waals surface area contributed by atoms with Crippen molar-refractivity contribution in [2.45, 2.75) is 71.4 Å². The van der Waals surface area contributed by atoms with Crippen LogP contribution in [-0.4, -0.2) is 74.3 Å². The summed E-state index contributed by atoms with van der Waals surface area (Å²) in [4.78, 5) is 48.5. The van der Waals surface area contributed by atoms with E-state index >= 15 is 0 Å². The van der Waals surface area contributed by atoms with E-state index in [0.717, 1.165) is 17.5 Å². The number of amides is 2. The van der Waals surface area contributed by atoms with Gasteiger partial charge in [-0.15, -0.1) is 0 Å². The Balaban J connectivity index is 1.25. The molecule has 5 aromatic rings. The number of ether oxygens (including phenoxy) is 2. The van der Waals surface area contributed by atoms with Gasteiger partial charge in [0.2, 0.25) is 11.8 Å². The van der Waals surface area contributed by atoms with Gasteiger partial charge in [-0.1, -0.05) is 59.6 Å². The highest BCUT2D eigenvalue weighted by Gasteiger charge is 2.26. The Labute approximate surface area is 329 Å². The first-order valence-corrected chi connectivity index (χ1v) is 18.8. The third-order valence-electron chi connectivity index (χ3n) is 9.08. The zero-order valence-corrected chi connectivity index (χ0v) is 32.9. The summed E-state index contributed by atoms with van der Waals surface area (Å²) >= 11 is 14.2. The number of nitrogens with one attached hydrogen (secondary N) is 2. The predicted octanol–water partition coefficient (Wildman–Crippen LogP) is 6.89. The van der Waals surface area contributed by atoms with Crippen LogP contribution in [0.2, 0.25) is 10.0 Å². The molecular weight excluding hydrogens is 743 g/mol. The molecule has 288 valence electrons. The van der Waals surface area contributed by atoms with E-state index in [1.54, 1.807) is 46.2 Å². The zero-order chi connectivity index (χ0) is 39.4. The second-order valence-electron chi connectivity index (χ2n) is 14.6. The summed E-state index contributed by atoms with van der Waals surface area (Å²) in [7, 11) is 1.50. The van der Waals surface area contributed by atoms with Crippen LogP contribution in [0, 0.1) is 0 Å². The number of methoxy groups -OCH3 is 1. The highest BCUT2D eigenvalue weighted by molar-refractivity contribution is 6.39. The average Bonchev–Trinajstić information content (AvgIpc) is 3.56. The second-order valence-corrected chi connectivity index (χ2v) is 15.3. The van der Waals surface area contributed by atoms with Gasteiger partial charge in [-0.3, -0.25) is 14.0 Å². The number of halogens is 2. The minimum absolute atomic E-state index is 0.0509. The smallest absolute Gasteiger partial charge is 0.410 e. The van der Waals surface area contributed by atoms with Gasteiger partial charge in [0.25, 0.3) is 5.56 Å². The van der Waals surface area contributed by atoms with E-state index in [1.807, 2.05) is 54.6 Å². The van der Waals surface area contributed by atoms with Crippen molar-refractivity contribution >= 4 is 40.8 Å². The summed E-state index contributed by atoms with van der Waals surface area (Å²) in [5.41, 5.74) is 4.81. The number of aromatic nitrogens is 3. The van der Waals surface area contributed by atoms with E-state index in [1.165, 1.54) is 16.4 Å². The van der Waals surface area contributed by atoms with Crippen molar-refractivity contribution < 1.29 is 24.2 Å². The highest BCUT2D eigenvalue weighted by atomic mass is 35.5. The summed E-state index contributed by atoms with van der Waals surface area (Å²) in [6.45, 7) is 8.03. The van der Waals surface area contributed by atoms with Gasteiger partial charge in [0.05, 0.1) is 42.0 Å². The highest BCUT2D eigenvalue weighted by Crippen LogP contribution is 2.42. The topological polar surface area (TPSA) is 147 Å². The molecule has 1 saturated heterocycles. The first kappa shape index (κ1) is 39.7. The molecule has 1 aliphatic rings. The molecule has 3 aromatic heterocycles. The standard InChI is InChI=1S/C41H44Cl2N6O6/c1-24(50)22-48(40(53)55-41(2,3)4)23-26-12-14-33(47-38(26)54-5)32-11-7-10-31(37(32)43)30-9-6-8-29(36(30)42)25-16-17-49-34(18-25)45-20-27(39(49)52)19-44-21-28-13-15-35(51)46-28/h6-12,14,16-18,20,24,28,44,50H,13,15,19,21-23H2,1-5H3,(H,46,51)/t24-,28+/m1/s1. The fraction of sp³-hybridized carbons (Fsp3) is 0.341. The molecule has 0 unspecified atom stereocenters. The summed E-state index contributed by atoms with van der Waals surface area (Å²) in [6.07, 6.45) is 3.23. The SMILES string of the molecule is COc1nc(-c2cccc(-c3cccc(-c4ccn5c(=O)c(CNC[C@@H]6CCC(=O)N6)cnc5c4)c3Cl)c2Cl)ccc1CN(C[C@@H](C)O)C(=O)OC(C)(C)C. The fourth-order valence-corrected chi connectivity index (χ4v) is 7.15. The number of fused-ring (bicyclic) bond motifs is 1. The van der Waals surface area contributed by atoms with Gasteiger partial charge < -0.3 is 30.1 Å². The molecule has 6 rings (SSSR count). The van der Waals surface area contributed by atoms with Crippen LogP contribution in [0.4, 0.5) is 4.79 Å². The summed E-state index contributed by atoms with van der Waals surface area (Å²) in [5.74, 6) is 0.347. The van der Waals surface area contributed by atoms with Crippen LogP contribution in [0.15, 0.2) is 77.9 Å². The number of aliphatic hydroxyl groups is 1. The quantitative estimate of drug-likeness (QED) is 0.123. The van der Waals surface area contributed by atoms with Gasteiger partial charge in [0, 0.05) is 71.3 Å². The molecule has 2 aromatic carbocycles. The van der Waals surface area contributed by atoms with Crippen molar-refractivity contribution in [3.05, 3.63) is 105 Å². The Kier molecular flexibility index (Phi) is 12.1. The normalized spacial score (nSPS) is 14.8. The molecule has 2 amide bonds. The second kappa shape index (κ2) is 16.8. The number of carbonyl (C=O) groups excluding carboxylic acids is 2. The van der Waals surface area contributed by atoms with Gasteiger partial charge in [0.1, 0.15) is 11.2 Å². The maximum atomic E-state index is 13.3. The van der Waals surface area contributed by atoms with E-state index in [9.17, 15) is 19.5 Å². The largest absolute Gasteiger partial charge is 0.481 e. The molecule has 1 aliphatic heterocycles. The number of nitrogens with zero attached hydrogens (tertiary/aromatic N) is 4. The maximum absolute atomic E-state index is 13.3. The molecule has 2 atom stereocenters. The van der Waals surface area contributed by atoms with Crippen LogP contribution < -0.4 is 20.9 Å². The molecule has 0 spiro atoms. The van der Waals surface area contributed by atoms with Crippen molar-refractivity contribution in [1.82, 2.24) is 29.9 Å². The Morgan fingerprint density at radius 2 is 1.73 bits per heavy atom. The molecule has 0 bridgehead atoms. The lowest BCUT2D eigenvalue weighted by atomic mass is 9.97. The number of pyridine rings is 2. The number of carbonyl (C=O) groups is 2. The van der Waals surface area contributed by atoms with Crippen molar-refractivity contribution in [2.24, 2.45) is 0 Å².